The summed E-state index contributed by atoms with van der Waals surface area (Å²) in [6.45, 7) is 0.622. The van der Waals surface area contributed by atoms with Gasteiger partial charge in [0.2, 0.25) is 5.78 Å². The first-order chi connectivity index (χ1) is 10.1. The number of hydrogen-bond acceptors (Lipinski definition) is 3. The van der Waals surface area contributed by atoms with Gasteiger partial charge in [0.05, 0.1) is 0 Å². The Balaban J connectivity index is 2.04. The van der Waals surface area contributed by atoms with Crippen molar-refractivity contribution in [1.29, 1.82) is 0 Å². The normalized spacial score (nSPS) is 9.95. The lowest BCUT2D eigenvalue weighted by Crippen LogP contribution is -2.27. The highest BCUT2D eigenvalue weighted by Crippen LogP contribution is 2.04. The quantitative estimate of drug-likeness (QED) is 0.537. The Kier molecular flexibility index (Phi) is 7.79. The molecule has 114 valence electrons. The van der Waals surface area contributed by atoms with Gasteiger partial charge in [-0.3, -0.25) is 14.4 Å². The van der Waals surface area contributed by atoms with E-state index in [2.05, 4.69) is 10.6 Å². The van der Waals surface area contributed by atoms with E-state index in [0.717, 1.165) is 19.3 Å². The molecule has 0 atom stereocenters. The maximum Gasteiger partial charge on any atom is 0.287 e. The number of Topliss-reactive ketones (excluding diaryl/α,β-unsaturated/α-hetero) is 1. The zero-order valence-corrected chi connectivity index (χ0v) is 12.4. The van der Waals surface area contributed by atoms with Crippen LogP contribution in [-0.4, -0.2) is 31.2 Å². The van der Waals surface area contributed by atoms with E-state index >= 15 is 0 Å². The van der Waals surface area contributed by atoms with Crippen molar-refractivity contribution in [2.45, 2.75) is 32.1 Å². The highest BCUT2D eigenvalue weighted by atomic mass is 16.2. The van der Waals surface area contributed by atoms with Crippen LogP contribution in [-0.2, 0) is 9.59 Å². The Bertz CT molecular complexity index is 472. The second kappa shape index (κ2) is 9.69. The minimum Gasteiger partial charge on any atom is -0.353 e. The summed E-state index contributed by atoms with van der Waals surface area (Å²) in [5.74, 6) is -0.953. The first-order valence-electron chi connectivity index (χ1n) is 7.23. The smallest absolute Gasteiger partial charge is 0.287 e. The Labute approximate surface area is 125 Å². The summed E-state index contributed by atoms with van der Waals surface area (Å²) < 4.78 is 0. The summed E-state index contributed by atoms with van der Waals surface area (Å²) in [7, 11) is 1.45. The van der Waals surface area contributed by atoms with Crippen molar-refractivity contribution in [2.24, 2.45) is 0 Å². The van der Waals surface area contributed by atoms with Gasteiger partial charge in [-0.05, 0) is 25.0 Å². The van der Waals surface area contributed by atoms with Gasteiger partial charge in [0, 0.05) is 25.6 Å². The molecule has 2 N–H and O–H groups in total. The lowest BCUT2D eigenvalue weighted by molar-refractivity contribution is -0.137. The van der Waals surface area contributed by atoms with Gasteiger partial charge in [-0.2, -0.15) is 0 Å². The molecule has 0 unspecified atom stereocenters. The predicted octanol–water partition coefficient (Wildman–Crippen LogP) is 1.68. The first kappa shape index (κ1) is 16.9. The van der Waals surface area contributed by atoms with E-state index in [1.807, 2.05) is 18.2 Å². The van der Waals surface area contributed by atoms with Gasteiger partial charge in [-0.15, -0.1) is 0 Å². The van der Waals surface area contributed by atoms with Crippen molar-refractivity contribution >= 4 is 17.6 Å². The van der Waals surface area contributed by atoms with Gasteiger partial charge in [0.15, 0.2) is 0 Å². The fourth-order valence-electron chi connectivity index (χ4n) is 1.91. The molecule has 0 heterocycles. The minimum atomic E-state index is -0.523. The Hall–Kier alpha value is -2.17. The third-order valence-electron chi connectivity index (χ3n) is 3.13. The van der Waals surface area contributed by atoms with E-state index in [1.165, 1.54) is 7.05 Å². The van der Waals surface area contributed by atoms with Crippen molar-refractivity contribution in [3.05, 3.63) is 35.9 Å². The fourth-order valence-corrected chi connectivity index (χ4v) is 1.91. The number of nitrogens with one attached hydrogen (secondary N) is 2. The van der Waals surface area contributed by atoms with Crippen molar-refractivity contribution in [2.75, 3.05) is 13.6 Å². The molecule has 5 nitrogen and oxygen atoms in total. The highest BCUT2D eigenvalue weighted by Gasteiger charge is 2.10. The van der Waals surface area contributed by atoms with Gasteiger partial charge in [-0.1, -0.05) is 31.0 Å². The standard InChI is InChI=1S/C16H22N2O3/c1-17-16(21)14(19)11-7-2-3-8-12-18-15(20)13-9-5-4-6-10-13/h4-6,9-10H,2-3,7-8,11-12H2,1H3,(H,17,21)(H,18,20). The summed E-state index contributed by atoms with van der Waals surface area (Å²) in [5.41, 5.74) is 0.661. The molecule has 0 aliphatic heterocycles. The van der Waals surface area contributed by atoms with E-state index in [-0.39, 0.29) is 18.1 Å². The lowest BCUT2D eigenvalue weighted by atomic mass is 10.1. The summed E-state index contributed by atoms with van der Waals surface area (Å²) in [6, 6.07) is 9.09. The number of amides is 2. The third-order valence-corrected chi connectivity index (χ3v) is 3.13. The Morgan fingerprint density at radius 2 is 1.62 bits per heavy atom. The largest absolute Gasteiger partial charge is 0.353 e. The molecule has 0 aliphatic rings. The number of carbonyl (C=O) groups is 3. The molecular weight excluding hydrogens is 268 g/mol. The van der Waals surface area contributed by atoms with E-state index in [4.69, 9.17) is 0 Å². The molecule has 5 heteroatoms. The topological polar surface area (TPSA) is 75.3 Å². The van der Waals surface area contributed by atoms with Gasteiger partial charge in [0.25, 0.3) is 11.8 Å². The minimum absolute atomic E-state index is 0.0644. The van der Waals surface area contributed by atoms with Gasteiger partial charge >= 0.3 is 0 Å². The molecule has 2 amide bonds. The Morgan fingerprint density at radius 1 is 0.952 bits per heavy atom. The molecule has 0 radical (unpaired) electrons. The molecule has 0 fully saturated rings. The number of rotatable bonds is 9. The molecule has 21 heavy (non-hydrogen) atoms. The molecule has 0 saturated heterocycles. The van der Waals surface area contributed by atoms with Crippen LogP contribution < -0.4 is 10.6 Å². The van der Waals surface area contributed by atoms with Gasteiger partial charge in [-0.25, -0.2) is 0 Å². The summed E-state index contributed by atoms with van der Waals surface area (Å²) >= 11 is 0. The van der Waals surface area contributed by atoms with Crippen molar-refractivity contribution in [3.63, 3.8) is 0 Å². The van der Waals surface area contributed by atoms with Crippen LogP contribution in [0.15, 0.2) is 30.3 Å². The Morgan fingerprint density at radius 3 is 2.29 bits per heavy atom. The molecule has 1 aromatic carbocycles. The summed E-state index contributed by atoms with van der Waals surface area (Å²) in [4.78, 5) is 34.0. The molecule has 0 saturated carbocycles. The van der Waals surface area contributed by atoms with Crippen LogP contribution in [0.2, 0.25) is 0 Å². The first-order valence-corrected chi connectivity index (χ1v) is 7.23. The molecule has 0 aliphatic carbocycles. The predicted molar refractivity (Wildman–Crippen MR) is 80.9 cm³/mol. The molecule has 0 spiro atoms. The SMILES string of the molecule is CNC(=O)C(=O)CCCCCCNC(=O)c1ccccc1. The van der Waals surface area contributed by atoms with Crippen LogP contribution >= 0.6 is 0 Å². The van der Waals surface area contributed by atoms with E-state index in [1.54, 1.807) is 12.1 Å². The third kappa shape index (κ3) is 6.70. The number of benzene rings is 1. The van der Waals surface area contributed by atoms with Gasteiger partial charge < -0.3 is 10.6 Å². The number of ketones is 1. The van der Waals surface area contributed by atoms with Crippen LogP contribution in [0.25, 0.3) is 0 Å². The monoisotopic (exact) mass is 290 g/mol. The van der Waals surface area contributed by atoms with Crippen LogP contribution in [0, 0.1) is 0 Å². The van der Waals surface area contributed by atoms with Gasteiger partial charge in [0.1, 0.15) is 0 Å². The summed E-state index contributed by atoms with van der Waals surface area (Å²) in [5, 5.41) is 5.17. The van der Waals surface area contributed by atoms with Crippen molar-refractivity contribution < 1.29 is 14.4 Å². The number of carbonyl (C=O) groups excluding carboxylic acids is 3. The number of unbranched alkanes of at least 4 members (excludes halogenated alkanes) is 3. The molecule has 1 aromatic rings. The second-order valence-corrected chi connectivity index (χ2v) is 4.79. The maximum atomic E-state index is 11.7. The highest BCUT2D eigenvalue weighted by molar-refractivity contribution is 6.36. The second-order valence-electron chi connectivity index (χ2n) is 4.79. The zero-order valence-electron chi connectivity index (χ0n) is 12.4. The van der Waals surface area contributed by atoms with Crippen molar-refractivity contribution in [1.82, 2.24) is 10.6 Å². The molecule has 0 aromatic heterocycles. The average molecular weight is 290 g/mol. The molecule has 0 bridgehead atoms. The van der Waals surface area contributed by atoms with E-state index in [0.29, 0.717) is 18.5 Å². The van der Waals surface area contributed by atoms with E-state index < -0.39 is 5.91 Å². The zero-order chi connectivity index (χ0) is 15.5. The van der Waals surface area contributed by atoms with Crippen LogP contribution in [0.5, 0.6) is 0 Å². The maximum absolute atomic E-state index is 11.7. The van der Waals surface area contributed by atoms with Crippen LogP contribution in [0.4, 0.5) is 0 Å². The van der Waals surface area contributed by atoms with Crippen LogP contribution in [0.1, 0.15) is 42.5 Å². The van der Waals surface area contributed by atoms with Crippen molar-refractivity contribution in [3.8, 4) is 0 Å². The molecule has 1 rings (SSSR count). The lowest BCUT2D eigenvalue weighted by Gasteiger charge is -2.05. The van der Waals surface area contributed by atoms with E-state index in [9.17, 15) is 14.4 Å². The van der Waals surface area contributed by atoms with Crippen LogP contribution in [0.3, 0.4) is 0 Å². The summed E-state index contributed by atoms with van der Waals surface area (Å²) in [6.07, 6.45) is 3.67. The number of likely N-dealkylation sites (N-methyl/N-ethyl adjacent to an activating group) is 1. The average Bonchev–Trinajstić information content (AvgIpc) is 2.53. The fraction of sp³-hybridized carbons (Fsp3) is 0.438. The molecular formula is C16H22N2O3. The number of hydrogen-bond donors (Lipinski definition) is 2.